The molecular formula is C11H14ClNS. The fourth-order valence-electron chi connectivity index (χ4n) is 1.33. The Hall–Kier alpha value is -0.600. The zero-order valence-corrected chi connectivity index (χ0v) is 9.79. The maximum atomic E-state index is 5.92. The molecule has 0 spiro atoms. The summed E-state index contributed by atoms with van der Waals surface area (Å²) in [5.41, 5.74) is 7.84. The van der Waals surface area contributed by atoms with E-state index in [0.29, 0.717) is 4.99 Å². The third kappa shape index (κ3) is 3.64. The maximum Gasteiger partial charge on any atom is 0.0727 e. The Morgan fingerprint density at radius 1 is 1.50 bits per heavy atom. The first-order valence-corrected chi connectivity index (χ1v) is 5.41. The Kier molecular flexibility index (Phi) is 4.36. The molecule has 76 valence electrons. The topological polar surface area (TPSA) is 26.0 Å². The van der Waals surface area contributed by atoms with Gasteiger partial charge in [-0.25, -0.2) is 0 Å². The Morgan fingerprint density at radius 3 is 2.79 bits per heavy atom. The van der Waals surface area contributed by atoms with Crippen LogP contribution in [0.2, 0.25) is 5.02 Å². The molecule has 0 aliphatic heterocycles. The highest BCUT2D eigenvalue weighted by Gasteiger charge is 1.98. The summed E-state index contributed by atoms with van der Waals surface area (Å²) in [6, 6.07) is 6.10. The normalized spacial score (nSPS) is 10.1. The molecule has 1 rings (SSSR count). The lowest BCUT2D eigenvalue weighted by Crippen LogP contribution is -2.07. The number of hydrogen-bond donors (Lipinski definition) is 1. The highest BCUT2D eigenvalue weighted by atomic mass is 35.5. The van der Waals surface area contributed by atoms with Crippen LogP contribution in [-0.4, -0.2) is 4.99 Å². The average Bonchev–Trinajstić information content (AvgIpc) is 2.10. The number of benzene rings is 1. The molecule has 14 heavy (non-hydrogen) atoms. The number of hydrogen-bond acceptors (Lipinski definition) is 1. The molecule has 1 aromatic rings. The molecule has 0 aliphatic carbocycles. The van der Waals surface area contributed by atoms with Gasteiger partial charge in [0.1, 0.15) is 0 Å². The number of nitrogens with two attached hydrogens (primary N) is 1. The lowest BCUT2D eigenvalue weighted by molar-refractivity contribution is 0.867. The molecule has 0 saturated carbocycles. The van der Waals surface area contributed by atoms with Crippen LogP contribution < -0.4 is 5.73 Å². The quantitative estimate of drug-likeness (QED) is 0.800. The van der Waals surface area contributed by atoms with E-state index in [9.17, 15) is 0 Å². The minimum Gasteiger partial charge on any atom is -0.393 e. The third-order valence-corrected chi connectivity index (χ3v) is 2.74. The molecule has 0 unspecified atom stereocenters. The van der Waals surface area contributed by atoms with Crippen LogP contribution in [0.3, 0.4) is 0 Å². The molecule has 0 amide bonds. The molecule has 0 heterocycles. The van der Waals surface area contributed by atoms with Gasteiger partial charge in [0.15, 0.2) is 0 Å². The molecular weight excluding hydrogens is 214 g/mol. The second-order valence-corrected chi connectivity index (χ2v) is 4.33. The van der Waals surface area contributed by atoms with Crippen molar-refractivity contribution in [1.82, 2.24) is 0 Å². The Balaban J connectivity index is 2.51. The highest BCUT2D eigenvalue weighted by molar-refractivity contribution is 7.80. The van der Waals surface area contributed by atoms with E-state index in [2.05, 4.69) is 12.1 Å². The fraction of sp³-hybridized carbons (Fsp3) is 0.364. The van der Waals surface area contributed by atoms with Crippen LogP contribution >= 0.6 is 23.8 Å². The van der Waals surface area contributed by atoms with Gasteiger partial charge in [-0.15, -0.1) is 0 Å². The minimum absolute atomic E-state index is 0.593. The van der Waals surface area contributed by atoms with Gasteiger partial charge in [0.2, 0.25) is 0 Å². The summed E-state index contributed by atoms with van der Waals surface area (Å²) in [6.45, 7) is 2.01. The number of aryl methyl sites for hydroxylation is 2. The van der Waals surface area contributed by atoms with Crippen molar-refractivity contribution in [2.45, 2.75) is 26.2 Å². The first kappa shape index (κ1) is 11.5. The summed E-state index contributed by atoms with van der Waals surface area (Å²) in [7, 11) is 0. The molecule has 0 saturated heterocycles. The van der Waals surface area contributed by atoms with Crippen LogP contribution in [0.1, 0.15) is 24.0 Å². The van der Waals surface area contributed by atoms with Crippen molar-refractivity contribution in [3.63, 3.8) is 0 Å². The average molecular weight is 228 g/mol. The first-order chi connectivity index (χ1) is 6.59. The predicted molar refractivity (Wildman–Crippen MR) is 65.9 cm³/mol. The summed E-state index contributed by atoms with van der Waals surface area (Å²) in [5.74, 6) is 0. The number of thiocarbonyl (C=S) groups is 1. The van der Waals surface area contributed by atoms with Crippen LogP contribution in [0.5, 0.6) is 0 Å². The second-order valence-electron chi connectivity index (χ2n) is 3.40. The van der Waals surface area contributed by atoms with Crippen LogP contribution in [0.15, 0.2) is 18.2 Å². The standard InChI is InChI=1S/C11H14ClNS/c1-8-7-9(5-6-10(8)12)3-2-4-11(13)14/h5-7H,2-4H2,1H3,(H2,13,14). The van der Waals surface area contributed by atoms with Gasteiger partial charge in [-0.1, -0.05) is 36.0 Å². The van der Waals surface area contributed by atoms with Gasteiger partial charge in [-0.3, -0.25) is 0 Å². The predicted octanol–water partition coefficient (Wildman–Crippen LogP) is 3.26. The summed E-state index contributed by atoms with van der Waals surface area (Å²) in [4.78, 5) is 0.593. The van der Waals surface area contributed by atoms with E-state index in [4.69, 9.17) is 29.6 Å². The van der Waals surface area contributed by atoms with Crippen molar-refractivity contribution in [3.8, 4) is 0 Å². The Bertz CT molecular complexity index is 336. The van der Waals surface area contributed by atoms with Crippen molar-refractivity contribution < 1.29 is 0 Å². The summed E-state index contributed by atoms with van der Waals surface area (Å²) >= 11 is 10.7. The van der Waals surface area contributed by atoms with Gasteiger partial charge < -0.3 is 5.73 Å². The van der Waals surface area contributed by atoms with Crippen molar-refractivity contribution >= 4 is 28.8 Å². The molecule has 0 bridgehead atoms. The van der Waals surface area contributed by atoms with E-state index in [0.717, 1.165) is 29.8 Å². The van der Waals surface area contributed by atoms with Gasteiger partial charge >= 0.3 is 0 Å². The lowest BCUT2D eigenvalue weighted by atomic mass is 10.1. The van der Waals surface area contributed by atoms with Crippen LogP contribution in [0, 0.1) is 6.92 Å². The second kappa shape index (κ2) is 5.32. The minimum atomic E-state index is 0.593. The van der Waals surface area contributed by atoms with E-state index >= 15 is 0 Å². The van der Waals surface area contributed by atoms with E-state index in [1.807, 2.05) is 13.0 Å². The largest absolute Gasteiger partial charge is 0.393 e. The van der Waals surface area contributed by atoms with Crippen molar-refractivity contribution in [1.29, 1.82) is 0 Å². The molecule has 0 fully saturated rings. The molecule has 1 nitrogen and oxygen atoms in total. The molecule has 1 aromatic carbocycles. The van der Waals surface area contributed by atoms with Gasteiger partial charge in [-0.2, -0.15) is 0 Å². The molecule has 0 aliphatic rings. The van der Waals surface area contributed by atoms with Crippen LogP contribution in [-0.2, 0) is 6.42 Å². The van der Waals surface area contributed by atoms with E-state index < -0.39 is 0 Å². The van der Waals surface area contributed by atoms with Gasteiger partial charge in [0, 0.05) is 5.02 Å². The summed E-state index contributed by atoms with van der Waals surface area (Å²) in [5, 5.41) is 0.822. The summed E-state index contributed by atoms with van der Waals surface area (Å²) in [6.07, 6.45) is 2.84. The zero-order chi connectivity index (χ0) is 10.6. The monoisotopic (exact) mass is 227 g/mol. The molecule has 2 N–H and O–H groups in total. The molecule has 3 heteroatoms. The van der Waals surface area contributed by atoms with Crippen molar-refractivity contribution in [2.75, 3.05) is 0 Å². The first-order valence-electron chi connectivity index (χ1n) is 4.63. The SMILES string of the molecule is Cc1cc(CCCC(N)=S)ccc1Cl. The van der Waals surface area contributed by atoms with Crippen molar-refractivity contribution in [2.24, 2.45) is 5.73 Å². The third-order valence-electron chi connectivity index (χ3n) is 2.11. The lowest BCUT2D eigenvalue weighted by Gasteiger charge is -2.03. The Labute approximate surface area is 95.3 Å². The zero-order valence-electron chi connectivity index (χ0n) is 8.22. The molecule has 0 radical (unpaired) electrons. The van der Waals surface area contributed by atoms with Gasteiger partial charge in [-0.05, 0) is 43.4 Å². The van der Waals surface area contributed by atoms with E-state index in [-0.39, 0.29) is 0 Å². The van der Waals surface area contributed by atoms with Gasteiger partial charge in [0.05, 0.1) is 4.99 Å². The summed E-state index contributed by atoms with van der Waals surface area (Å²) < 4.78 is 0. The van der Waals surface area contributed by atoms with E-state index in [1.54, 1.807) is 0 Å². The fourth-order valence-corrected chi connectivity index (χ4v) is 1.59. The van der Waals surface area contributed by atoms with Crippen LogP contribution in [0.4, 0.5) is 0 Å². The van der Waals surface area contributed by atoms with Crippen molar-refractivity contribution in [3.05, 3.63) is 34.3 Å². The smallest absolute Gasteiger partial charge is 0.0727 e. The van der Waals surface area contributed by atoms with Crippen LogP contribution in [0.25, 0.3) is 0 Å². The number of halogens is 1. The van der Waals surface area contributed by atoms with Gasteiger partial charge in [0.25, 0.3) is 0 Å². The molecule has 0 aromatic heterocycles. The maximum absolute atomic E-state index is 5.92. The highest BCUT2D eigenvalue weighted by Crippen LogP contribution is 2.17. The number of rotatable bonds is 4. The molecule has 0 atom stereocenters. The van der Waals surface area contributed by atoms with E-state index in [1.165, 1.54) is 5.56 Å². The Morgan fingerprint density at radius 2 is 2.21 bits per heavy atom.